The lowest BCUT2D eigenvalue weighted by Crippen LogP contribution is -2.33. The summed E-state index contributed by atoms with van der Waals surface area (Å²) in [7, 11) is 0. The fraction of sp³-hybridized carbons (Fsp3) is 0.345. The Morgan fingerprint density at radius 1 is 1.08 bits per heavy atom. The van der Waals surface area contributed by atoms with Gasteiger partial charge in [0.2, 0.25) is 0 Å². The minimum Gasteiger partial charge on any atom is -0.406 e. The standard InChI is InChI=1S/C29H33N7O2/c1-20-28(21(2)35-19-34-20)38-29(37)33-17-22-6-3-7-23(16-22)18-36(15-11-26-30-13-14-31-26)25-10-4-8-24-9-5-12-32-27(24)25/h3,5-7,9,12-14,16,19,25H,4,8,10-11,15,17-18H2,1-2H3,(H,30,31)(H,33,37). The van der Waals surface area contributed by atoms with Crippen molar-refractivity contribution in [1.29, 1.82) is 0 Å². The van der Waals surface area contributed by atoms with E-state index in [2.05, 4.69) is 48.4 Å². The molecule has 3 heterocycles. The summed E-state index contributed by atoms with van der Waals surface area (Å²) in [6.07, 6.45) is 10.6. The Balaban J connectivity index is 1.27. The molecule has 1 unspecified atom stereocenters. The molecule has 196 valence electrons. The van der Waals surface area contributed by atoms with Crippen molar-refractivity contribution in [3.8, 4) is 5.75 Å². The van der Waals surface area contributed by atoms with Crippen molar-refractivity contribution in [3.63, 3.8) is 0 Å². The highest BCUT2D eigenvalue weighted by Gasteiger charge is 2.27. The molecule has 38 heavy (non-hydrogen) atoms. The average molecular weight is 512 g/mol. The molecule has 1 atom stereocenters. The van der Waals surface area contributed by atoms with Gasteiger partial charge in [0.25, 0.3) is 0 Å². The lowest BCUT2D eigenvalue weighted by Gasteiger charge is -2.35. The zero-order valence-electron chi connectivity index (χ0n) is 21.9. The van der Waals surface area contributed by atoms with Crippen LogP contribution in [0.5, 0.6) is 5.75 Å². The molecule has 0 fully saturated rings. The van der Waals surface area contributed by atoms with Crippen molar-refractivity contribution >= 4 is 6.09 Å². The summed E-state index contributed by atoms with van der Waals surface area (Å²) in [6, 6.07) is 12.8. The molecule has 0 radical (unpaired) electrons. The number of hydrogen-bond donors (Lipinski definition) is 2. The van der Waals surface area contributed by atoms with Gasteiger partial charge in [-0.3, -0.25) is 9.88 Å². The molecule has 1 aliphatic carbocycles. The molecule has 3 aromatic heterocycles. The summed E-state index contributed by atoms with van der Waals surface area (Å²) in [6.45, 7) is 5.58. The molecule has 0 saturated heterocycles. The zero-order chi connectivity index (χ0) is 26.3. The molecule has 5 rings (SSSR count). The van der Waals surface area contributed by atoms with Gasteiger partial charge in [-0.05, 0) is 55.9 Å². The predicted octanol–water partition coefficient (Wildman–Crippen LogP) is 4.62. The molecule has 4 aromatic rings. The second-order valence-corrected chi connectivity index (χ2v) is 9.65. The van der Waals surface area contributed by atoms with Gasteiger partial charge in [-0.2, -0.15) is 0 Å². The minimum atomic E-state index is -0.527. The summed E-state index contributed by atoms with van der Waals surface area (Å²) < 4.78 is 5.47. The Morgan fingerprint density at radius 3 is 2.74 bits per heavy atom. The maximum atomic E-state index is 12.5. The third-order valence-electron chi connectivity index (χ3n) is 6.97. The highest BCUT2D eigenvalue weighted by atomic mass is 16.6. The zero-order valence-corrected chi connectivity index (χ0v) is 21.9. The summed E-state index contributed by atoms with van der Waals surface area (Å²) >= 11 is 0. The van der Waals surface area contributed by atoms with Crippen molar-refractivity contribution in [3.05, 3.63) is 101 Å². The van der Waals surface area contributed by atoms with Crippen LogP contribution in [0.15, 0.2) is 61.3 Å². The smallest absolute Gasteiger partial charge is 0.406 e. The van der Waals surface area contributed by atoms with Crippen molar-refractivity contribution in [2.75, 3.05) is 6.54 Å². The van der Waals surface area contributed by atoms with Crippen molar-refractivity contribution in [2.24, 2.45) is 0 Å². The SMILES string of the molecule is Cc1ncnc(C)c1OC(=O)NCc1cccc(CN(CCc2ncc[nH]2)C2CCCc3cccnc32)c1. The molecular formula is C29H33N7O2. The van der Waals surface area contributed by atoms with Crippen LogP contribution in [0, 0.1) is 13.8 Å². The van der Waals surface area contributed by atoms with Crippen LogP contribution in [0.2, 0.25) is 0 Å². The number of H-pyrrole nitrogens is 1. The van der Waals surface area contributed by atoms with Gasteiger partial charge >= 0.3 is 6.09 Å². The van der Waals surface area contributed by atoms with Gasteiger partial charge in [0.05, 0.1) is 23.1 Å². The first-order valence-electron chi connectivity index (χ1n) is 13.0. The molecule has 0 bridgehead atoms. The largest absolute Gasteiger partial charge is 0.412 e. The average Bonchev–Trinajstić information content (AvgIpc) is 3.46. The van der Waals surface area contributed by atoms with Crippen molar-refractivity contribution < 1.29 is 9.53 Å². The Hall–Kier alpha value is -4.11. The number of carbonyl (C=O) groups excluding carboxylic acids is 1. The number of ether oxygens (including phenoxy) is 1. The first-order chi connectivity index (χ1) is 18.6. The number of aryl methyl sites for hydroxylation is 3. The molecule has 0 saturated carbocycles. The van der Waals surface area contributed by atoms with Gasteiger partial charge in [0.15, 0.2) is 5.75 Å². The topological polar surface area (TPSA) is 109 Å². The summed E-state index contributed by atoms with van der Waals surface area (Å²) in [5.41, 5.74) is 5.98. The summed E-state index contributed by atoms with van der Waals surface area (Å²) in [4.78, 5) is 35.6. The van der Waals surface area contributed by atoms with Gasteiger partial charge in [0.1, 0.15) is 12.2 Å². The number of nitrogens with zero attached hydrogens (tertiary/aromatic N) is 5. The number of aromatic amines is 1. The van der Waals surface area contributed by atoms with E-state index in [9.17, 15) is 4.79 Å². The Bertz CT molecular complexity index is 1350. The molecule has 0 aliphatic heterocycles. The number of fused-ring (bicyclic) bond motifs is 1. The highest BCUT2D eigenvalue weighted by molar-refractivity contribution is 5.70. The molecule has 9 heteroatoms. The summed E-state index contributed by atoms with van der Waals surface area (Å²) in [5.74, 6) is 1.38. The van der Waals surface area contributed by atoms with Gasteiger partial charge in [0, 0.05) is 44.6 Å². The Labute approximate surface area is 222 Å². The van der Waals surface area contributed by atoms with E-state index in [1.807, 2.05) is 30.6 Å². The second-order valence-electron chi connectivity index (χ2n) is 9.65. The number of hydrogen-bond acceptors (Lipinski definition) is 7. The molecule has 1 aromatic carbocycles. The molecule has 1 amide bonds. The number of benzene rings is 1. The monoisotopic (exact) mass is 511 g/mol. The van der Waals surface area contributed by atoms with Crippen LogP contribution < -0.4 is 10.1 Å². The second kappa shape index (κ2) is 12.0. The van der Waals surface area contributed by atoms with Gasteiger partial charge in [-0.25, -0.2) is 19.7 Å². The quantitative estimate of drug-likeness (QED) is 0.337. The van der Waals surface area contributed by atoms with E-state index in [4.69, 9.17) is 9.72 Å². The predicted molar refractivity (Wildman–Crippen MR) is 143 cm³/mol. The normalized spacial score (nSPS) is 14.8. The number of carbonyl (C=O) groups is 1. The van der Waals surface area contributed by atoms with Crippen LogP contribution in [0.4, 0.5) is 4.79 Å². The van der Waals surface area contributed by atoms with Crippen LogP contribution >= 0.6 is 0 Å². The highest BCUT2D eigenvalue weighted by Crippen LogP contribution is 2.34. The number of pyridine rings is 1. The Morgan fingerprint density at radius 2 is 1.92 bits per heavy atom. The van der Waals surface area contributed by atoms with Gasteiger partial charge in [-0.1, -0.05) is 30.3 Å². The molecule has 2 N–H and O–H groups in total. The maximum absolute atomic E-state index is 12.5. The molecule has 9 nitrogen and oxygen atoms in total. The number of amides is 1. The fourth-order valence-electron chi connectivity index (χ4n) is 5.07. The van der Waals surface area contributed by atoms with E-state index in [0.717, 1.165) is 50.2 Å². The van der Waals surface area contributed by atoms with Crippen LogP contribution in [0.25, 0.3) is 0 Å². The summed E-state index contributed by atoms with van der Waals surface area (Å²) in [5, 5.41) is 2.85. The van der Waals surface area contributed by atoms with E-state index in [1.54, 1.807) is 20.0 Å². The third-order valence-corrected chi connectivity index (χ3v) is 6.97. The first-order valence-corrected chi connectivity index (χ1v) is 13.0. The third kappa shape index (κ3) is 6.23. The molecule has 0 spiro atoms. The van der Waals surface area contributed by atoms with Crippen LogP contribution in [-0.2, 0) is 25.9 Å². The van der Waals surface area contributed by atoms with E-state index < -0.39 is 6.09 Å². The van der Waals surface area contributed by atoms with E-state index in [-0.39, 0.29) is 6.04 Å². The first kappa shape index (κ1) is 25.5. The molecule has 1 aliphatic rings. The van der Waals surface area contributed by atoms with Gasteiger partial charge < -0.3 is 15.0 Å². The Kier molecular flexibility index (Phi) is 8.04. The number of imidazole rings is 1. The number of nitrogens with one attached hydrogen (secondary N) is 2. The van der Waals surface area contributed by atoms with Gasteiger partial charge in [-0.15, -0.1) is 0 Å². The number of rotatable bonds is 9. The van der Waals surface area contributed by atoms with Crippen LogP contribution in [-0.4, -0.2) is 42.5 Å². The number of aromatic nitrogens is 5. The fourth-order valence-corrected chi connectivity index (χ4v) is 5.07. The van der Waals surface area contributed by atoms with E-state index in [1.165, 1.54) is 23.1 Å². The lowest BCUT2D eigenvalue weighted by molar-refractivity contribution is 0.167. The van der Waals surface area contributed by atoms with Crippen molar-refractivity contribution in [2.45, 2.75) is 58.7 Å². The minimum absolute atomic E-state index is 0.256. The van der Waals surface area contributed by atoms with Crippen molar-refractivity contribution in [1.82, 2.24) is 35.1 Å². The molecular weight excluding hydrogens is 478 g/mol. The maximum Gasteiger partial charge on any atom is 0.412 e. The van der Waals surface area contributed by atoms with Crippen LogP contribution in [0.1, 0.15) is 58.5 Å². The lowest BCUT2D eigenvalue weighted by atomic mass is 9.90. The van der Waals surface area contributed by atoms with Crippen LogP contribution in [0.3, 0.4) is 0 Å². The van der Waals surface area contributed by atoms with E-state index >= 15 is 0 Å². The van der Waals surface area contributed by atoms with E-state index in [0.29, 0.717) is 23.7 Å².